The molecular formula is C28H42N4O17. The van der Waals surface area contributed by atoms with E-state index in [1.165, 1.54) is 0 Å². The van der Waals surface area contributed by atoms with Crippen LogP contribution in [0.5, 0.6) is 0 Å². The molecule has 0 aromatic heterocycles. The summed E-state index contributed by atoms with van der Waals surface area (Å²) < 4.78 is 23.7. The zero-order chi connectivity index (χ0) is 36.8. The van der Waals surface area contributed by atoms with E-state index in [0.29, 0.717) is 0 Å². The van der Waals surface area contributed by atoms with Crippen molar-refractivity contribution >= 4 is 23.8 Å². The molecule has 3 rings (SSSR count). The molecule has 14 atom stereocenters. The third-order valence-corrected chi connectivity index (χ3v) is 8.11. The molecule has 1 aromatic rings. The fourth-order valence-electron chi connectivity index (χ4n) is 5.66. The highest BCUT2D eigenvalue weighted by molar-refractivity contribution is 5.74. The number of benzene rings is 1. The van der Waals surface area contributed by atoms with Crippen molar-refractivity contribution in [2.45, 2.75) is 99.0 Å². The van der Waals surface area contributed by atoms with Crippen molar-refractivity contribution in [2.24, 2.45) is 5.73 Å². The number of nitrogens with zero attached hydrogens (tertiary/aromatic N) is 1. The van der Waals surface area contributed by atoms with E-state index in [1.54, 1.807) is 0 Å². The van der Waals surface area contributed by atoms with E-state index in [9.17, 15) is 65.4 Å². The number of nitro benzene ring substituents is 1. The summed E-state index contributed by atoms with van der Waals surface area (Å²) in [7, 11) is 0. The van der Waals surface area contributed by atoms with Gasteiger partial charge in [0.1, 0.15) is 73.3 Å². The zero-order valence-electron chi connectivity index (χ0n) is 26.3. The van der Waals surface area contributed by atoms with E-state index >= 15 is 0 Å². The summed E-state index contributed by atoms with van der Waals surface area (Å²) in [5.41, 5.74) is 5.02. The first-order chi connectivity index (χ1) is 23.1. The molecule has 0 spiro atoms. The summed E-state index contributed by atoms with van der Waals surface area (Å²) in [6, 6.07) is -1.03. The first-order valence-electron chi connectivity index (χ1n) is 15.0. The standard InChI is InChI=1S/C28H42N4O17/c1-11(37)30-19-22(42)21(41)17(9-35)46-27(19)47-25-18(10-36)48-28(26(23(25)43)31-12(2)38,13-3-5-14(6-4-13)32(44)45)49-24(16(39)8-34)20(40)15(29)7-33/h3-7,15-27,34-36,39-43H,8-10,29H2,1-2H3,(H,30,37)(H,31,38)/t15-,16+,17+,18+,19+,20+,21+,22+,23-,24+,25+,26+,27-,28-/m0/s1. The van der Waals surface area contributed by atoms with Crippen LogP contribution in [0.3, 0.4) is 0 Å². The van der Waals surface area contributed by atoms with Crippen molar-refractivity contribution in [2.75, 3.05) is 19.8 Å². The Morgan fingerprint density at radius 3 is 2.10 bits per heavy atom. The number of nitrogens with one attached hydrogen (secondary N) is 2. The van der Waals surface area contributed by atoms with Crippen molar-refractivity contribution in [3.8, 4) is 0 Å². The molecule has 2 saturated heterocycles. The van der Waals surface area contributed by atoms with Crippen molar-refractivity contribution in [1.82, 2.24) is 10.6 Å². The van der Waals surface area contributed by atoms with Gasteiger partial charge in [-0.05, 0) is 12.1 Å². The van der Waals surface area contributed by atoms with Crippen LogP contribution in [0.1, 0.15) is 19.4 Å². The van der Waals surface area contributed by atoms with Gasteiger partial charge in [-0.1, -0.05) is 0 Å². The van der Waals surface area contributed by atoms with Gasteiger partial charge < -0.3 is 81.0 Å². The number of aliphatic hydroxyl groups is 8. The number of hydrogen-bond acceptors (Lipinski definition) is 18. The molecule has 2 amide bonds. The van der Waals surface area contributed by atoms with Gasteiger partial charge in [0.25, 0.3) is 5.69 Å². The number of aliphatic hydroxyl groups excluding tert-OH is 8. The summed E-state index contributed by atoms with van der Waals surface area (Å²) in [6.45, 7) is -0.852. The quantitative estimate of drug-likeness (QED) is 0.0459. The van der Waals surface area contributed by atoms with E-state index in [2.05, 4.69) is 10.6 Å². The second-order valence-corrected chi connectivity index (χ2v) is 11.5. The molecule has 1 aromatic carbocycles. The number of hydrogen-bond donors (Lipinski definition) is 11. The molecule has 2 fully saturated rings. The number of ether oxygens (including phenoxy) is 4. The predicted octanol–water partition coefficient (Wildman–Crippen LogP) is -6.04. The number of nitro groups is 1. The average Bonchev–Trinajstić information content (AvgIpc) is 3.07. The van der Waals surface area contributed by atoms with Gasteiger partial charge in [-0.3, -0.25) is 19.7 Å². The highest BCUT2D eigenvalue weighted by Crippen LogP contribution is 2.43. The largest absolute Gasteiger partial charge is 0.394 e. The lowest BCUT2D eigenvalue weighted by Crippen LogP contribution is -2.73. The monoisotopic (exact) mass is 706 g/mol. The molecule has 21 heteroatoms. The van der Waals surface area contributed by atoms with Crippen LogP contribution in [-0.2, 0) is 39.1 Å². The SMILES string of the molecule is CC(=O)N[C@H]1[C@H](O[C@H]2[C@H](O)[C@@H](NC(C)=O)[C@@](O[C@@H]([C@H](O)[C@@H](N)C=O)[C@H](O)CO)(c3ccc([N+](=O)[O-])cc3)O[C@@H]2CO)O[C@H](CO)[C@@H](O)[C@@H]1O. The summed E-state index contributed by atoms with van der Waals surface area (Å²) in [6.07, 6.45) is -18.3. The van der Waals surface area contributed by atoms with E-state index in [0.717, 1.165) is 38.1 Å². The zero-order valence-corrected chi connectivity index (χ0v) is 26.3. The van der Waals surface area contributed by atoms with Crippen LogP contribution in [0.15, 0.2) is 24.3 Å². The smallest absolute Gasteiger partial charge is 0.269 e. The lowest BCUT2D eigenvalue weighted by atomic mass is 9.84. The van der Waals surface area contributed by atoms with E-state index < -0.39 is 127 Å². The summed E-state index contributed by atoms with van der Waals surface area (Å²) in [5.74, 6) is -4.19. The Balaban J connectivity index is 2.21. The first kappa shape index (κ1) is 40.1. The van der Waals surface area contributed by atoms with Gasteiger partial charge in [-0.25, -0.2) is 0 Å². The van der Waals surface area contributed by atoms with Gasteiger partial charge >= 0.3 is 0 Å². The van der Waals surface area contributed by atoms with Crippen LogP contribution < -0.4 is 16.4 Å². The summed E-state index contributed by atoms with van der Waals surface area (Å²) in [5, 5.41) is 101. The number of aldehydes is 1. The number of amides is 2. The molecule has 12 N–H and O–H groups in total. The Morgan fingerprint density at radius 2 is 1.61 bits per heavy atom. The average molecular weight is 707 g/mol. The van der Waals surface area contributed by atoms with E-state index in [-0.39, 0.29) is 11.8 Å². The lowest BCUT2D eigenvalue weighted by molar-refractivity contribution is -0.389. The van der Waals surface area contributed by atoms with Crippen LogP contribution >= 0.6 is 0 Å². The van der Waals surface area contributed by atoms with Crippen molar-refractivity contribution < 1.29 is 79.1 Å². The third-order valence-electron chi connectivity index (χ3n) is 8.11. The Bertz CT molecular complexity index is 1290. The molecule has 0 radical (unpaired) electrons. The predicted molar refractivity (Wildman–Crippen MR) is 159 cm³/mol. The van der Waals surface area contributed by atoms with Gasteiger partial charge in [-0.2, -0.15) is 0 Å². The lowest BCUT2D eigenvalue weighted by Gasteiger charge is -2.54. The number of carbonyl (C=O) groups excluding carboxylic acids is 3. The highest BCUT2D eigenvalue weighted by atomic mass is 16.7. The molecular weight excluding hydrogens is 664 g/mol. The maximum Gasteiger partial charge on any atom is 0.269 e. The van der Waals surface area contributed by atoms with Gasteiger partial charge in [-0.15, -0.1) is 0 Å². The molecule has 0 saturated carbocycles. The van der Waals surface area contributed by atoms with Crippen LogP contribution in [0.4, 0.5) is 5.69 Å². The number of carbonyl (C=O) groups is 3. The normalized spacial score (nSPS) is 34.2. The molecule has 2 heterocycles. The second-order valence-electron chi connectivity index (χ2n) is 11.5. The number of non-ortho nitro benzene ring substituents is 1. The van der Waals surface area contributed by atoms with Crippen LogP contribution in [0, 0.1) is 10.1 Å². The van der Waals surface area contributed by atoms with Gasteiger partial charge in [0.15, 0.2) is 6.29 Å². The molecule has 0 bridgehead atoms. The van der Waals surface area contributed by atoms with Gasteiger partial charge in [0.05, 0.1) is 30.8 Å². The van der Waals surface area contributed by atoms with Crippen molar-refractivity contribution in [3.05, 3.63) is 39.9 Å². The molecule has 2 aliphatic heterocycles. The maximum atomic E-state index is 12.6. The number of rotatable bonds is 15. The second kappa shape index (κ2) is 17.1. The molecule has 276 valence electrons. The van der Waals surface area contributed by atoms with E-state index in [4.69, 9.17) is 24.7 Å². The van der Waals surface area contributed by atoms with Gasteiger partial charge in [0.2, 0.25) is 17.6 Å². The maximum absolute atomic E-state index is 12.6. The summed E-state index contributed by atoms with van der Waals surface area (Å²) >= 11 is 0. The minimum Gasteiger partial charge on any atom is -0.394 e. The molecule has 0 unspecified atom stereocenters. The van der Waals surface area contributed by atoms with Crippen molar-refractivity contribution in [3.63, 3.8) is 0 Å². The Kier molecular flexibility index (Phi) is 14.0. The molecule has 0 aliphatic carbocycles. The third kappa shape index (κ3) is 8.72. The Labute approximate surface area is 278 Å². The molecule has 49 heavy (non-hydrogen) atoms. The minimum atomic E-state index is -2.63. The highest BCUT2D eigenvalue weighted by Gasteiger charge is 2.60. The minimum absolute atomic E-state index is 0.104. The fraction of sp³-hybridized carbons (Fsp3) is 0.679. The first-order valence-corrected chi connectivity index (χ1v) is 15.0. The van der Waals surface area contributed by atoms with Crippen molar-refractivity contribution in [1.29, 1.82) is 0 Å². The molecule has 2 aliphatic rings. The fourth-order valence-corrected chi connectivity index (χ4v) is 5.66. The van der Waals surface area contributed by atoms with Crippen LogP contribution in [0.25, 0.3) is 0 Å². The van der Waals surface area contributed by atoms with Crippen LogP contribution in [0.2, 0.25) is 0 Å². The Morgan fingerprint density at radius 1 is 1.02 bits per heavy atom. The van der Waals surface area contributed by atoms with Crippen LogP contribution in [-0.4, -0.2) is 163 Å². The van der Waals surface area contributed by atoms with Gasteiger partial charge in [0, 0.05) is 31.5 Å². The van der Waals surface area contributed by atoms with E-state index in [1.807, 2.05) is 0 Å². The summed E-state index contributed by atoms with van der Waals surface area (Å²) in [4.78, 5) is 46.7. The Hall–Kier alpha value is -3.29. The number of nitrogens with two attached hydrogens (primary N) is 1. The molecule has 21 nitrogen and oxygen atoms in total. The topological polar surface area (TPSA) is 343 Å².